The molecule has 0 unspecified atom stereocenters. The topological polar surface area (TPSA) is 31.0 Å². The van der Waals surface area contributed by atoms with Gasteiger partial charge < -0.3 is 14.2 Å². The summed E-state index contributed by atoms with van der Waals surface area (Å²) in [5.41, 5.74) is 1.20. The Balaban J connectivity index is 1.47. The summed E-state index contributed by atoms with van der Waals surface area (Å²) < 4.78 is 15.8. The molecule has 1 fully saturated rings. The Morgan fingerprint density at radius 3 is 2.60 bits per heavy atom. The minimum atomic E-state index is 0.346. The Morgan fingerprint density at radius 1 is 1.13 bits per heavy atom. The van der Waals surface area contributed by atoms with E-state index in [-0.39, 0.29) is 0 Å². The van der Waals surface area contributed by atoms with Crippen LogP contribution in [0.4, 0.5) is 0 Å². The quantitative estimate of drug-likeness (QED) is 0.504. The van der Waals surface area contributed by atoms with E-state index in [0.29, 0.717) is 32.5 Å². The largest absolute Gasteiger partial charge is 0.376 e. The first-order valence-electron chi connectivity index (χ1n) is 5.26. The van der Waals surface area contributed by atoms with Gasteiger partial charge in [0.15, 0.2) is 0 Å². The molecule has 0 amide bonds. The third-order valence-corrected chi connectivity index (χ3v) is 2.19. The van der Waals surface area contributed by atoms with Gasteiger partial charge in [0.1, 0.15) is 6.10 Å². The van der Waals surface area contributed by atoms with Crippen LogP contribution in [0.5, 0.6) is 0 Å². The second-order valence-electron chi connectivity index (χ2n) is 3.57. The molecule has 0 aromatic heterocycles. The van der Waals surface area contributed by atoms with Crippen molar-refractivity contribution in [2.24, 2.45) is 0 Å². The van der Waals surface area contributed by atoms with Crippen molar-refractivity contribution in [2.45, 2.75) is 12.7 Å². The molecule has 82 valence electrons. The molecule has 1 aliphatic rings. The third kappa shape index (κ3) is 4.42. The summed E-state index contributed by atoms with van der Waals surface area (Å²) in [5, 5.41) is 0. The number of ether oxygens (including phenoxy) is 3. The molecule has 0 radical (unpaired) electrons. The van der Waals surface area contributed by atoms with Gasteiger partial charge in [0, 0.05) is 0 Å². The van der Waals surface area contributed by atoms with Crippen LogP contribution in [0.3, 0.4) is 0 Å². The van der Waals surface area contributed by atoms with Crippen LogP contribution < -0.4 is 0 Å². The lowest BCUT2D eigenvalue weighted by Crippen LogP contribution is -2.08. The van der Waals surface area contributed by atoms with E-state index in [1.54, 1.807) is 0 Å². The van der Waals surface area contributed by atoms with Crippen molar-refractivity contribution in [3.05, 3.63) is 35.9 Å². The van der Waals surface area contributed by atoms with E-state index in [4.69, 9.17) is 14.2 Å². The maximum atomic E-state index is 5.46. The van der Waals surface area contributed by atoms with Gasteiger partial charge in [-0.25, -0.2) is 0 Å². The van der Waals surface area contributed by atoms with Gasteiger partial charge in [-0.3, -0.25) is 0 Å². The van der Waals surface area contributed by atoms with Crippen molar-refractivity contribution >= 4 is 0 Å². The second-order valence-corrected chi connectivity index (χ2v) is 3.57. The zero-order chi connectivity index (χ0) is 10.3. The third-order valence-electron chi connectivity index (χ3n) is 2.19. The van der Waals surface area contributed by atoms with E-state index in [2.05, 4.69) is 12.1 Å². The molecule has 1 aliphatic heterocycles. The van der Waals surface area contributed by atoms with Crippen molar-refractivity contribution in [1.29, 1.82) is 0 Å². The van der Waals surface area contributed by atoms with Crippen molar-refractivity contribution in [3.8, 4) is 0 Å². The lowest BCUT2D eigenvalue weighted by atomic mass is 10.2. The van der Waals surface area contributed by atoms with E-state index < -0.39 is 0 Å². The molecule has 3 heteroatoms. The molecule has 15 heavy (non-hydrogen) atoms. The molecule has 0 N–H and O–H groups in total. The van der Waals surface area contributed by atoms with Crippen molar-refractivity contribution in [1.82, 2.24) is 0 Å². The molecule has 1 atom stereocenters. The smallest absolute Gasteiger partial charge is 0.104 e. The summed E-state index contributed by atoms with van der Waals surface area (Å²) in [4.78, 5) is 0. The number of benzene rings is 1. The molecule has 0 aliphatic carbocycles. The maximum Gasteiger partial charge on any atom is 0.104 e. The summed E-state index contributed by atoms with van der Waals surface area (Å²) in [7, 11) is 0. The standard InChI is InChI=1S/C12H16O3/c1-2-4-11(5-3-1)8-13-6-7-14-9-12-10-15-12/h1-5,12H,6-10H2/t12-/m1/s1. The monoisotopic (exact) mass is 208 g/mol. The minimum Gasteiger partial charge on any atom is -0.376 e. The zero-order valence-electron chi connectivity index (χ0n) is 8.72. The molecule has 1 aromatic rings. The molecule has 0 spiro atoms. The SMILES string of the molecule is c1ccc(COCCOC[C@@H]2CO2)cc1. The minimum absolute atomic E-state index is 0.346. The van der Waals surface area contributed by atoms with Gasteiger partial charge in [-0.15, -0.1) is 0 Å². The summed E-state index contributed by atoms with van der Waals surface area (Å²) in [6, 6.07) is 10.1. The van der Waals surface area contributed by atoms with Crippen LogP contribution in [0.25, 0.3) is 0 Å². The predicted molar refractivity (Wildman–Crippen MR) is 56.7 cm³/mol. The van der Waals surface area contributed by atoms with Crippen LogP contribution in [0.1, 0.15) is 5.56 Å². The summed E-state index contributed by atoms with van der Waals surface area (Å²) in [6.07, 6.45) is 0.346. The lowest BCUT2D eigenvalue weighted by molar-refractivity contribution is 0.0353. The predicted octanol–water partition coefficient (Wildman–Crippen LogP) is 1.62. The Kier molecular flexibility index (Phi) is 4.14. The van der Waals surface area contributed by atoms with Crippen LogP contribution >= 0.6 is 0 Å². The van der Waals surface area contributed by atoms with Gasteiger partial charge in [0.25, 0.3) is 0 Å². The van der Waals surface area contributed by atoms with Crippen LogP contribution in [0, 0.1) is 0 Å². The highest BCUT2D eigenvalue weighted by atomic mass is 16.6. The maximum absolute atomic E-state index is 5.46. The van der Waals surface area contributed by atoms with Crippen molar-refractivity contribution in [3.63, 3.8) is 0 Å². The summed E-state index contributed by atoms with van der Waals surface area (Å²) in [5.74, 6) is 0. The lowest BCUT2D eigenvalue weighted by Gasteiger charge is -2.04. The number of rotatable bonds is 7. The first-order valence-corrected chi connectivity index (χ1v) is 5.26. The number of hydrogen-bond donors (Lipinski definition) is 0. The number of hydrogen-bond acceptors (Lipinski definition) is 3. The summed E-state index contributed by atoms with van der Waals surface area (Å²) >= 11 is 0. The van der Waals surface area contributed by atoms with E-state index in [1.165, 1.54) is 5.56 Å². The molecule has 1 aromatic carbocycles. The van der Waals surface area contributed by atoms with E-state index in [9.17, 15) is 0 Å². The van der Waals surface area contributed by atoms with Crippen LogP contribution in [-0.2, 0) is 20.8 Å². The molecule has 1 saturated heterocycles. The average Bonchev–Trinajstić information content (AvgIpc) is 3.09. The molecule has 0 bridgehead atoms. The van der Waals surface area contributed by atoms with Gasteiger partial charge >= 0.3 is 0 Å². The molecule has 3 nitrogen and oxygen atoms in total. The van der Waals surface area contributed by atoms with E-state index in [1.807, 2.05) is 18.2 Å². The molecule has 2 rings (SSSR count). The Labute approximate surface area is 90.0 Å². The highest BCUT2D eigenvalue weighted by molar-refractivity contribution is 5.13. The van der Waals surface area contributed by atoms with E-state index >= 15 is 0 Å². The highest BCUT2D eigenvalue weighted by Crippen LogP contribution is 2.08. The average molecular weight is 208 g/mol. The van der Waals surface area contributed by atoms with Crippen LogP contribution in [0.2, 0.25) is 0 Å². The van der Waals surface area contributed by atoms with Crippen molar-refractivity contribution < 1.29 is 14.2 Å². The summed E-state index contributed by atoms with van der Waals surface area (Å²) in [6.45, 7) is 3.50. The molecule has 1 heterocycles. The highest BCUT2D eigenvalue weighted by Gasteiger charge is 2.21. The van der Waals surface area contributed by atoms with Gasteiger partial charge in [0.05, 0.1) is 33.0 Å². The molecular weight excluding hydrogens is 192 g/mol. The van der Waals surface area contributed by atoms with Crippen molar-refractivity contribution in [2.75, 3.05) is 26.4 Å². The Bertz CT molecular complexity index is 269. The fraction of sp³-hybridized carbons (Fsp3) is 0.500. The van der Waals surface area contributed by atoms with Crippen LogP contribution in [0.15, 0.2) is 30.3 Å². The fourth-order valence-electron chi connectivity index (χ4n) is 1.26. The van der Waals surface area contributed by atoms with Gasteiger partial charge in [-0.05, 0) is 5.56 Å². The first kappa shape index (κ1) is 10.6. The van der Waals surface area contributed by atoms with Crippen LogP contribution in [-0.4, -0.2) is 32.5 Å². The Hall–Kier alpha value is -0.900. The molecule has 0 saturated carbocycles. The fourth-order valence-corrected chi connectivity index (χ4v) is 1.26. The number of epoxide rings is 1. The normalized spacial score (nSPS) is 19.1. The van der Waals surface area contributed by atoms with E-state index in [0.717, 1.165) is 6.61 Å². The first-order chi connectivity index (χ1) is 7.45. The zero-order valence-corrected chi connectivity index (χ0v) is 8.72. The van der Waals surface area contributed by atoms with Gasteiger partial charge in [-0.2, -0.15) is 0 Å². The Morgan fingerprint density at radius 2 is 1.87 bits per heavy atom. The van der Waals surface area contributed by atoms with Gasteiger partial charge in [0.2, 0.25) is 0 Å². The molecular formula is C12H16O3. The van der Waals surface area contributed by atoms with Gasteiger partial charge in [-0.1, -0.05) is 30.3 Å². The second kappa shape index (κ2) is 5.85.